The maximum absolute atomic E-state index is 12.8. The summed E-state index contributed by atoms with van der Waals surface area (Å²) in [5.41, 5.74) is 1.57. The van der Waals surface area contributed by atoms with Gasteiger partial charge in [-0.05, 0) is 36.4 Å². The SMILES string of the molecule is COc1cc(NC(=O)c2cc(OC)c(OC)c(OC)c2)ccc1-c1ccc(CO)o1. The first-order valence-electron chi connectivity index (χ1n) is 9.04. The van der Waals surface area contributed by atoms with Crippen LogP contribution in [-0.2, 0) is 6.61 Å². The Morgan fingerprint density at radius 1 is 0.900 bits per heavy atom. The number of aliphatic hydroxyl groups excluding tert-OH is 1. The Balaban J connectivity index is 1.88. The van der Waals surface area contributed by atoms with Gasteiger partial charge in [-0.25, -0.2) is 0 Å². The summed E-state index contributed by atoms with van der Waals surface area (Å²) in [6.45, 7) is -0.189. The predicted molar refractivity (Wildman–Crippen MR) is 111 cm³/mol. The van der Waals surface area contributed by atoms with Crippen LogP contribution in [0.3, 0.4) is 0 Å². The number of hydrogen-bond donors (Lipinski definition) is 2. The molecule has 8 nitrogen and oxygen atoms in total. The predicted octanol–water partition coefficient (Wildman–Crippen LogP) is 3.73. The Kier molecular flexibility index (Phi) is 6.48. The molecule has 2 aromatic carbocycles. The molecule has 1 aromatic heterocycles. The Bertz CT molecular complexity index is 1020. The number of carbonyl (C=O) groups excluding carboxylic acids is 1. The zero-order valence-electron chi connectivity index (χ0n) is 17.1. The zero-order chi connectivity index (χ0) is 21.7. The topological polar surface area (TPSA) is 99.4 Å². The molecule has 3 rings (SSSR count). The normalized spacial score (nSPS) is 10.4. The standard InChI is InChI=1S/C22H23NO7/c1-26-18-11-14(5-7-16(18)17-8-6-15(12-24)30-17)23-22(25)13-9-19(27-2)21(29-4)20(10-13)28-3/h5-11,24H,12H2,1-4H3,(H,23,25). The summed E-state index contributed by atoms with van der Waals surface area (Å²) in [5.74, 6) is 2.33. The van der Waals surface area contributed by atoms with Gasteiger partial charge < -0.3 is 33.8 Å². The number of rotatable bonds is 8. The maximum Gasteiger partial charge on any atom is 0.255 e. The van der Waals surface area contributed by atoms with Crippen LogP contribution in [0.5, 0.6) is 23.0 Å². The van der Waals surface area contributed by atoms with Gasteiger partial charge in [0.1, 0.15) is 23.9 Å². The number of ether oxygens (including phenoxy) is 4. The number of nitrogens with one attached hydrogen (secondary N) is 1. The number of amides is 1. The lowest BCUT2D eigenvalue weighted by Crippen LogP contribution is -2.12. The van der Waals surface area contributed by atoms with Crippen LogP contribution < -0.4 is 24.3 Å². The average Bonchev–Trinajstić information content (AvgIpc) is 3.26. The minimum Gasteiger partial charge on any atom is -0.496 e. The molecule has 0 fully saturated rings. The summed E-state index contributed by atoms with van der Waals surface area (Å²) < 4.78 is 26.9. The molecule has 1 heterocycles. The summed E-state index contributed by atoms with van der Waals surface area (Å²) >= 11 is 0. The summed E-state index contributed by atoms with van der Waals surface area (Å²) in [6, 6.07) is 11.8. The lowest BCUT2D eigenvalue weighted by Gasteiger charge is -2.14. The first-order valence-corrected chi connectivity index (χ1v) is 9.04. The van der Waals surface area contributed by atoms with Crippen LogP contribution in [-0.4, -0.2) is 39.5 Å². The summed E-state index contributed by atoms with van der Waals surface area (Å²) in [4.78, 5) is 12.8. The Morgan fingerprint density at radius 3 is 2.10 bits per heavy atom. The van der Waals surface area contributed by atoms with Gasteiger partial charge in [0.15, 0.2) is 11.5 Å². The van der Waals surface area contributed by atoms with E-state index in [1.807, 2.05) is 0 Å². The number of carbonyl (C=O) groups is 1. The number of furan rings is 1. The van der Waals surface area contributed by atoms with Crippen molar-refractivity contribution in [3.8, 4) is 34.3 Å². The van der Waals surface area contributed by atoms with Crippen LogP contribution in [0.4, 0.5) is 5.69 Å². The number of anilines is 1. The first-order chi connectivity index (χ1) is 14.5. The van der Waals surface area contributed by atoms with Gasteiger partial charge in [0.05, 0.1) is 34.0 Å². The molecule has 0 saturated carbocycles. The van der Waals surface area contributed by atoms with Gasteiger partial charge >= 0.3 is 0 Å². The monoisotopic (exact) mass is 413 g/mol. The molecule has 0 saturated heterocycles. The van der Waals surface area contributed by atoms with Gasteiger partial charge in [-0.3, -0.25) is 4.79 Å². The number of methoxy groups -OCH3 is 4. The van der Waals surface area contributed by atoms with Crippen molar-refractivity contribution in [2.75, 3.05) is 33.8 Å². The average molecular weight is 413 g/mol. The van der Waals surface area contributed by atoms with Crippen molar-refractivity contribution < 1.29 is 33.3 Å². The molecule has 2 N–H and O–H groups in total. The number of benzene rings is 2. The van der Waals surface area contributed by atoms with Crippen LogP contribution in [0.25, 0.3) is 11.3 Å². The van der Waals surface area contributed by atoms with Gasteiger partial charge in [-0.2, -0.15) is 0 Å². The molecule has 30 heavy (non-hydrogen) atoms. The fourth-order valence-corrected chi connectivity index (χ4v) is 3.00. The number of hydrogen-bond acceptors (Lipinski definition) is 7. The van der Waals surface area contributed by atoms with E-state index in [4.69, 9.17) is 23.4 Å². The van der Waals surface area contributed by atoms with Gasteiger partial charge in [0.2, 0.25) is 5.75 Å². The van der Waals surface area contributed by atoms with Gasteiger partial charge in [-0.15, -0.1) is 0 Å². The van der Waals surface area contributed by atoms with Crippen LogP contribution in [0, 0.1) is 0 Å². The molecule has 0 atom stereocenters. The molecule has 0 aliphatic heterocycles. The third-order valence-corrected chi connectivity index (χ3v) is 4.47. The highest BCUT2D eigenvalue weighted by molar-refractivity contribution is 6.05. The van der Waals surface area contributed by atoms with Crippen LogP contribution >= 0.6 is 0 Å². The molecule has 3 aromatic rings. The second kappa shape index (κ2) is 9.23. The van der Waals surface area contributed by atoms with Gasteiger partial charge in [0.25, 0.3) is 5.91 Å². The second-order valence-electron chi connectivity index (χ2n) is 6.21. The van der Waals surface area contributed by atoms with Crippen LogP contribution in [0.15, 0.2) is 46.9 Å². The van der Waals surface area contributed by atoms with E-state index in [9.17, 15) is 9.90 Å². The highest BCUT2D eigenvalue weighted by Crippen LogP contribution is 2.38. The molecule has 0 aliphatic rings. The molecule has 0 spiro atoms. The van der Waals surface area contributed by atoms with E-state index in [-0.39, 0.29) is 12.5 Å². The van der Waals surface area contributed by atoms with Crippen molar-refractivity contribution in [3.63, 3.8) is 0 Å². The van der Waals surface area contributed by atoms with E-state index in [0.29, 0.717) is 51.3 Å². The third-order valence-electron chi connectivity index (χ3n) is 4.47. The van der Waals surface area contributed by atoms with Crippen LogP contribution in [0.2, 0.25) is 0 Å². The van der Waals surface area contributed by atoms with E-state index >= 15 is 0 Å². The first kappa shape index (κ1) is 21.1. The molecule has 0 unspecified atom stereocenters. The van der Waals surface area contributed by atoms with E-state index in [2.05, 4.69) is 5.32 Å². The summed E-state index contributed by atoms with van der Waals surface area (Å²) in [5, 5.41) is 12.0. The quantitative estimate of drug-likeness (QED) is 0.580. The Labute approximate surface area is 173 Å². The van der Waals surface area contributed by atoms with Crippen molar-refractivity contribution >= 4 is 11.6 Å². The molecule has 0 bridgehead atoms. The van der Waals surface area contributed by atoms with E-state index in [1.54, 1.807) is 42.5 Å². The molecular formula is C22H23NO7. The molecule has 8 heteroatoms. The highest BCUT2D eigenvalue weighted by atomic mass is 16.5. The largest absolute Gasteiger partial charge is 0.496 e. The Morgan fingerprint density at radius 2 is 1.57 bits per heavy atom. The lowest BCUT2D eigenvalue weighted by molar-refractivity contribution is 0.102. The van der Waals surface area contributed by atoms with Crippen molar-refractivity contribution in [2.45, 2.75) is 6.61 Å². The lowest BCUT2D eigenvalue weighted by atomic mass is 10.1. The smallest absolute Gasteiger partial charge is 0.255 e. The maximum atomic E-state index is 12.8. The van der Waals surface area contributed by atoms with E-state index in [1.165, 1.54) is 28.4 Å². The third kappa shape index (κ3) is 4.18. The molecule has 0 aliphatic carbocycles. The second-order valence-corrected chi connectivity index (χ2v) is 6.21. The molecule has 1 amide bonds. The molecular weight excluding hydrogens is 390 g/mol. The number of aliphatic hydroxyl groups is 1. The molecule has 0 radical (unpaired) electrons. The van der Waals surface area contributed by atoms with Gasteiger partial charge in [-0.1, -0.05) is 0 Å². The zero-order valence-corrected chi connectivity index (χ0v) is 17.1. The fourth-order valence-electron chi connectivity index (χ4n) is 3.00. The van der Waals surface area contributed by atoms with Crippen molar-refractivity contribution in [3.05, 3.63) is 53.8 Å². The van der Waals surface area contributed by atoms with Gasteiger partial charge in [0, 0.05) is 17.3 Å². The fraction of sp³-hybridized carbons (Fsp3) is 0.227. The van der Waals surface area contributed by atoms with E-state index < -0.39 is 0 Å². The summed E-state index contributed by atoms with van der Waals surface area (Å²) in [6.07, 6.45) is 0. The van der Waals surface area contributed by atoms with Crippen molar-refractivity contribution in [1.29, 1.82) is 0 Å². The van der Waals surface area contributed by atoms with Crippen molar-refractivity contribution in [1.82, 2.24) is 0 Å². The van der Waals surface area contributed by atoms with E-state index in [0.717, 1.165) is 0 Å². The highest BCUT2D eigenvalue weighted by Gasteiger charge is 2.18. The molecule has 158 valence electrons. The van der Waals surface area contributed by atoms with Crippen LogP contribution in [0.1, 0.15) is 16.1 Å². The summed E-state index contributed by atoms with van der Waals surface area (Å²) in [7, 11) is 5.99. The Hall–Kier alpha value is -3.65. The minimum absolute atomic E-state index is 0.189. The van der Waals surface area contributed by atoms with Crippen molar-refractivity contribution in [2.24, 2.45) is 0 Å². The minimum atomic E-state index is -0.357.